The summed E-state index contributed by atoms with van der Waals surface area (Å²) in [6.07, 6.45) is 7.22. The van der Waals surface area contributed by atoms with Gasteiger partial charge in [0, 0.05) is 12.5 Å². The molecule has 1 atom stereocenters. The zero-order valence-electron chi connectivity index (χ0n) is 17.0. The maximum absolute atomic E-state index is 12.8. The molecule has 0 radical (unpaired) electrons. The number of carbonyl (C=O) groups excluding carboxylic acids is 1. The van der Waals surface area contributed by atoms with E-state index in [1.807, 2.05) is 12.1 Å². The van der Waals surface area contributed by atoms with Crippen LogP contribution in [-0.4, -0.2) is 12.5 Å². The summed E-state index contributed by atoms with van der Waals surface area (Å²) in [6, 6.07) is 21.0. The molecule has 0 aromatic heterocycles. The smallest absolute Gasteiger partial charge is 0.223 e. The Hall–Kier alpha value is -2.09. The van der Waals surface area contributed by atoms with Gasteiger partial charge in [0.1, 0.15) is 0 Å². The third kappa shape index (κ3) is 8.43. The van der Waals surface area contributed by atoms with E-state index in [0.717, 1.165) is 44.6 Å². The molecule has 2 aromatic rings. The van der Waals surface area contributed by atoms with E-state index < -0.39 is 0 Å². The van der Waals surface area contributed by atoms with Crippen molar-refractivity contribution in [3.8, 4) is 0 Å². The molecule has 146 valence electrons. The summed E-state index contributed by atoms with van der Waals surface area (Å²) in [5, 5.41) is 3.20. The number of benzene rings is 2. The lowest BCUT2D eigenvalue weighted by atomic mass is 9.92. The number of carbonyl (C=O) groups is 1. The summed E-state index contributed by atoms with van der Waals surface area (Å²) in [5.74, 6) is 1.05. The van der Waals surface area contributed by atoms with E-state index in [2.05, 4.69) is 67.7 Å². The van der Waals surface area contributed by atoms with E-state index in [9.17, 15) is 4.79 Å². The number of nitrogens with one attached hydrogen (secondary N) is 1. The number of hydrogen-bond donors (Lipinski definition) is 1. The molecule has 0 aliphatic rings. The Morgan fingerprint density at radius 2 is 1.37 bits per heavy atom. The quantitative estimate of drug-likeness (QED) is 0.472. The lowest BCUT2D eigenvalue weighted by Gasteiger charge is -2.17. The van der Waals surface area contributed by atoms with Crippen molar-refractivity contribution in [1.29, 1.82) is 0 Å². The van der Waals surface area contributed by atoms with Crippen LogP contribution >= 0.6 is 0 Å². The molecule has 27 heavy (non-hydrogen) atoms. The van der Waals surface area contributed by atoms with Gasteiger partial charge >= 0.3 is 0 Å². The second-order valence-electron chi connectivity index (χ2n) is 7.69. The normalized spacial score (nSPS) is 12.1. The molecule has 0 aliphatic carbocycles. The lowest BCUT2D eigenvalue weighted by Crippen LogP contribution is -2.32. The highest BCUT2D eigenvalue weighted by Gasteiger charge is 2.18. The van der Waals surface area contributed by atoms with Crippen molar-refractivity contribution in [3.63, 3.8) is 0 Å². The molecule has 0 fully saturated rings. The molecule has 0 spiro atoms. The maximum Gasteiger partial charge on any atom is 0.223 e. The number of aryl methyl sites for hydroxylation is 2. The molecule has 1 amide bonds. The Labute approximate surface area is 165 Å². The molecule has 2 heteroatoms. The summed E-state index contributed by atoms with van der Waals surface area (Å²) >= 11 is 0. The van der Waals surface area contributed by atoms with Gasteiger partial charge < -0.3 is 5.32 Å². The molecular formula is C25H35NO. The fraction of sp³-hybridized carbons (Fsp3) is 0.480. The number of rotatable bonds is 12. The molecular weight excluding hydrogens is 330 g/mol. The minimum atomic E-state index is 0.0778. The van der Waals surface area contributed by atoms with Crippen molar-refractivity contribution in [2.75, 3.05) is 6.54 Å². The van der Waals surface area contributed by atoms with Crippen LogP contribution in [0.15, 0.2) is 60.7 Å². The Morgan fingerprint density at radius 1 is 0.852 bits per heavy atom. The second kappa shape index (κ2) is 12.3. The predicted molar refractivity (Wildman–Crippen MR) is 115 cm³/mol. The van der Waals surface area contributed by atoms with Crippen LogP contribution in [0, 0.1) is 11.8 Å². The van der Waals surface area contributed by atoms with Crippen LogP contribution in [0.3, 0.4) is 0 Å². The van der Waals surface area contributed by atoms with Gasteiger partial charge in [0.25, 0.3) is 0 Å². The van der Waals surface area contributed by atoms with Crippen LogP contribution in [0.1, 0.15) is 57.1 Å². The van der Waals surface area contributed by atoms with Gasteiger partial charge in [-0.3, -0.25) is 4.79 Å². The Morgan fingerprint density at radius 3 is 1.85 bits per heavy atom. The Bertz CT molecular complexity index is 594. The van der Waals surface area contributed by atoms with Crippen molar-refractivity contribution >= 4 is 5.91 Å². The zero-order valence-corrected chi connectivity index (χ0v) is 17.0. The van der Waals surface area contributed by atoms with Crippen LogP contribution in [-0.2, 0) is 17.6 Å². The number of amides is 1. The van der Waals surface area contributed by atoms with E-state index >= 15 is 0 Å². The lowest BCUT2D eigenvalue weighted by molar-refractivity contribution is -0.125. The van der Waals surface area contributed by atoms with E-state index in [1.54, 1.807) is 0 Å². The van der Waals surface area contributed by atoms with Crippen molar-refractivity contribution in [1.82, 2.24) is 5.32 Å². The van der Waals surface area contributed by atoms with Crippen molar-refractivity contribution in [2.24, 2.45) is 11.8 Å². The third-order valence-corrected chi connectivity index (χ3v) is 5.49. The minimum Gasteiger partial charge on any atom is -0.356 e. The molecule has 0 saturated heterocycles. The van der Waals surface area contributed by atoms with Gasteiger partial charge in [-0.05, 0) is 55.6 Å². The van der Waals surface area contributed by atoms with Crippen molar-refractivity contribution in [2.45, 2.75) is 58.8 Å². The van der Waals surface area contributed by atoms with E-state index in [4.69, 9.17) is 0 Å². The van der Waals surface area contributed by atoms with Gasteiger partial charge in [-0.1, -0.05) is 80.9 Å². The van der Waals surface area contributed by atoms with Crippen molar-refractivity contribution < 1.29 is 4.79 Å². The molecule has 2 nitrogen and oxygen atoms in total. The van der Waals surface area contributed by atoms with E-state index in [-0.39, 0.29) is 11.8 Å². The van der Waals surface area contributed by atoms with Crippen LogP contribution in [0.2, 0.25) is 0 Å². The summed E-state index contributed by atoms with van der Waals surface area (Å²) in [6.45, 7) is 5.31. The fourth-order valence-corrected chi connectivity index (χ4v) is 3.39. The van der Waals surface area contributed by atoms with Gasteiger partial charge in [0.05, 0.1) is 0 Å². The molecule has 0 bridgehead atoms. The first kappa shape index (κ1) is 21.2. The predicted octanol–water partition coefficient (Wildman–Crippen LogP) is 5.81. The zero-order chi connectivity index (χ0) is 19.3. The minimum absolute atomic E-state index is 0.0778. The van der Waals surface area contributed by atoms with Gasteiger partial charge in [0.15, 0.2) is 0 Å². The van der Waals surface area contributed by atoms with Crippen LogP contribution in [0.4, 0.5) is 0 Å². The summed E-state index contributed by atoms with van der Waals surface area (Å²) in [5.41, 5.74) is 2.62. The topological polar surface area (TPSA) is 29.1 Å². The molecule has 0 saturated carbocycles. The first-order chi connectivity index (χ1) is 13.2. The third-order valence-electron chi connectivity index (χ3n) is 5.49. The number of hydrogen-bond acceptors (Lipinski definition) is 1. The fourth-order valence-electron chi connectivity index (χ4n) is 3.39. The summed E-state index contributed by atoms with van der Waals surface area (Å²) in [4.78, 5) is 12.8. The largest absolute Gasteiger partial charge is 0.356 e. The molecule has 2 rings (SSSR count). The average molecular weight is 366 g/mol. The maximum atomic E-state index is 12.8. The van der Waals surface area contributed by atoms with Gasteiger partial charge in [0.2, 0.25) is 5.91 Å². The van der Waals surface area contributed by atoms with E-state index in [1.165, 1.54) is 24.0 Å². The Balaban J connectivity index is 1.86. The molecule has 0 unspecified atom stereocenters. The molecule has 1 N–H and O–H groups in total. The monoisotopic (exact) mass is 365 g/mol. The van der Waals surface area contributed by atoms with Gasteiger partial charge in [-0.25, -0.2) is 0 Å². The standard InChI is InChI=1S/C25H35NO/c1-3-21(2)11-10-20-26-25(27)24(18-16-22-12-6-4-7-13-22)19-17-23-14-8-5-9-15-23/h4-9,12-15,21,24H,3,10-11,16-20H2,1-2H3,(H,26,27)/t21-/m1/s1. The Kier molecular flexibility index (Phi) is 9.68. The van der Waals surface area contributed by atoms with Crippen molar-refractivity contribution in [3.05, 3.63) is 71.8 Å². The van der Waals surface area contributed by atoms with Crippen LogP contribution < -0.4 is 5.32 Å². The molecule has 2 aromatic carbocycles. The first-order valence-corrected chi connectivity index (χ1v) is 10.5. The first-order valence-electron chi connectivity index (χ1n) is 10.5. The average Bonchev–Trinajstić information content (AvgIpc) is 2.72. The highest BCUT2D eigenvalue weighted by atomic mass is 16.1. The molecule has 0 aliphatic heterocycles. The SMILES string of the molecule is CC[C@@H](C)CCCNC(=O)C(CCc1ccccc1)CCc1ccccc1. The second-order valence-corrected chi connectivity index (χ2v) is 7.69. The van der Waals surface area contributed by atoms with Crippen LogP contribution in [0.25, 0.3) is 0 Å². The summed E-state index contributed by atoms with van der Waals surface area (Å²) in [7, 11) is 0. The van der Waals surface area contributed by atoms with Gasteiger partial charge in [-0.2, -0.15) is 0 Å². The van der Waals surface area contributed by atoms with Crippen LogP contribution in [0.5, 0.6) is 0 Å². The molecule has 0 heterocycles. The summed E-state index contributed by atoms with van der Waals surface area (Å²) < 4.78 is 0. The highest BCUT2D eigenvalue weighted by molar-refractivity contribution is 5.78. The van der Waals surface area contributed by atoms with E-state index in [0.29, 0.717) is 0 Å². The van der Waals surface area contributed by atoms with Gasteiger partial charge in [-0.15, -0.1) is 0 Å². The highest BCUT2D eigenvalue weighted by Crippen LogP contribution is 2.17.